The molecule has 0 unspecified atom stereocenters. The van der Waals surface area contributed by atoms with Crippen molar-refractivity contribution >= 4 is 24.8 Å². The van der Waals surface area contributed by atoms with Crippen LogP contribution in [0.2, 0.25) is 0 Å². The zero-order valence-electron chi connectivity index (χ0n) is 13.8. The summed E-state index contributed by atoms with van der Waals surface area (Å²) in [5, 5.41) is 0. The van der Waals surface area contributed by atoms with E-state index in [2.05, 4.69) is 19.9 Å². The van der Waals surface area contributed by atoms with Crippen LogP contribution in [-0.4, -0.2) is 19.9 Å². The van der Waals surface area contributed by atoms with Gasteiger partial charge in [-0.1, -0.05) is 24.3 Å². The van der Waals surface area contributed by atoms with Crippen LogP contribution in [0.3, 0.4) is 0 Å². The van der Waals surface area contributed by atoms with Crippen LogP contribution in [0.4, 0.5) is 0 Å². The number of hydrogen-bond acceptors (Lipinski definition) is 4. The Morgan fingerprint density at radius 2 is 0.577 bits per heavy atom. The molecule has 26 heavy (non-hydrogen) atoms. The third kappa shape index (κ3) is 6.24. The summed E-state index contributed by atoms with van der Waals surface area (Å²) < 4.78 is 0. The first-order valence-corrected chi connectivity index (χ1v) is 7.58. The summed E-state index contributed by atoms with van der Waals surface area (Å²) in [6, 6.07) is 23.2. The minimum atomic E-state index is 0. The first-order chi connectivity index (χ1) is 11.9. The number of halogens is 2. The van der Waals surface area contributed by atoms with Gasteiger partial charge in [0.2, 0.25) is 0 Å². The van der Waals surface area contributed by atoms with Crippen LogP contribution in [0.1, 0.15) is 0 Å². The minimum Gasteiger partial charge on any atom is -0.255 e. The van der Waals surface area contributed by atoms with E-state index in [4.69, 9.17) is 0 Å². The van der Waals surface area contributed by atoms with Gasteiger partial charge in [-0.25, -0.2) is 0 Å². The molecule has 0 aliphatic carbocycles. The highest BCUT2D eigenvalue weighted by Gasteiger charge is 1.96. The van der Waals surface area contributed by atoms with Crippen LogP contribution >= 0.6 is 24.8 Å². The topological polar surface area (TPSA) is 51.6 Å². The van der Waals surface area contributed by atoms with Crippen LogP contribution in [0.15, 0.2) is 97.6 Å². The molecule has 0 radical (unpaired) electrons. The summed E-state index contributed by atoms with van der Waals surface area (Å²) in [4.78, 5) is 16.7. The molecule has 0 spiro atoms. The van der Waals surface area contributed by atoms with Crippen molar-refractivity contribution in [3.05, 3.63) is 97.6 Å². The average Bonchev–Trinajstić information content (AvgIpc) is 2.71. The van der Waals surface area contributed by atoms with E-state index in [1.807, 2.05) is 72.8 Å². The lowest BCUT2D eigenvalue weighted by Crippen LogP contribution is -1.83. The number of pyridine rings is 4. The summed E-state index contributed by atoms with van der Waals surface area (Å²) >= 11 is 0. The van der Waals surface area contributed by atoms with Crippen molar-refractivity contribution < 1.29 is 0 Å². The fourth-order valence-corrected chi connectivity index (χ4v) is 2.06. The van der Waals surface area contributed by atoms with Gasteiger partial charge in [0.15, 0.2) is 0 Å². The summed E-state index contributed by atoms with van der Waals surface area (Å²) in [5.74, 6) is 0. The normalized spacial score (nSPS) is 8.92. The van der Waals surface area contributed by atoms with Crippen molar-refractivity contribution in [1.29, 1.82) is 0 Å². The molecule has 6 heteroatoms. The van der Waals surface area contributed by atoms with Crippen LogP contribution in [0, 0.1) is 0 Å². The fourth-order valence-electron chi connectivity index (χ4n) is 2.06. The molecule has 0 aromatic carbocycles. The Balaban J connectivity index is 0.000000241. The molecule has 4 rings (SSSR count). The predicted octanol–water partition coefficient (Wildman–Crippen LogP) is 5.13. The third-order valence-electron chi connectivity index (χ3n) is 3.18. The van der Waals surface area contributed by atoms with Crippen LogP contribution in [0.5, 0.6) is 0 Å². The van der Waals surface area contributed by atoms with E-state index in [9.17, 15) is 0 Å². The quantitative estimate of drug-likeness (QED) is 0.480. The minimum absolute atomic E-state index is 0. The highest BCUT2D eigenvalue weighted by atomic mass is 35.5. The van der Waals surface area contributed by atoms with Gasteiger partial charge in [0.25, 0.3) is 0 Å². The molecule has 4 nitrogen and oxygen atoms in total. The van der Waals surface area contributed by atoms with E-state index in [1.54, 1.807) is 24.8 Å². The highest BCUT2D eigenvalue weighted by molar-refractivity contribution is 5.85. The van der Waals surface area contributed by atoms with Crippen molar-refractivity contribution in [2.75, 3.05) is 0 Å². The van der Waals surface area contributed by atoms with Gasteiger partial charge in [-0.15, -0.1) is 24.8 Å². The lowest BCUT2D eigenvalue weighted by molar-refractivity contribution is 1.25. The van der Waals surface area contributed by atoms with E-state index < -0.39 is 0 Å². The fraction of sp³-hybridized carbons (Fsp3) is 0. The Morgan fingerprint density at radius 3 is 0.731 bits per heavy atom. The van der Waals surface area contributed by atoms with Crippen LogP contribution in [0.25, 0.3) is 22.8 Å². The van der Waals surface area contributed by atoms with Gasteiger partial charge in [-0.05, 0) is 48.5 Å². The van der Waals surface area contributed by atoms with Gasteiger partial charge in [-0.3, -0.25) is 19.9 Å². The standard InChI is InChI=1S/2C10H8N2.2ClH/c2*1-3-7-11-9(5-1)10-6-2-4-8-12-10;;/h2*1-8H;2*1H. The smallest absolute Gasteiger partial charge is 0.0886 e. The summed E-state index contributed by atoms with van der Waals surface area (Å²) in [6.45, 7) is 0. The molecule has 0 saturated carbocycles. The first kappa shape index (κ1) is 21.2. The summed E-state index contributed by atoms with van der Waals surface area (Å²) in [6.07, 6.45) is 7.07. The molecule has 0 aliphatic heterocycles. The van der Waals surface area contributed by atoms with E-state index in [0.29, 0.717) is 0 Å². The average molecular weight is 385 g/mol. The Kier molecular flexibility index (Phi) is 9.54. The summed E-state index contributed by atoms with van der Waals surface area (Å²) in [5.41, 5.74) is 3.66. The van der Waals surface area contributed by atoms with Gasteiger partial charge in [0.05, 0.1) is 22.8 Å². The number of rotatable bonds is 2. The van der Waals surface area contributed by atoms with Gasteiger partial charge in [0, 0.05) is 24.8 Å². The molecule has 4 aromatic rings. The predicted molar refractivity (Wildman–Crippen MR) is 109 cm³/mol. The van der Waals surface area contributed by atoms with Gasteiger partial charge in [0.1, 0.15) is 0 Å². The summed E-state index contributed by atoms with van der Waals surface area (Å²) in [7, 11) is 0. The van der Waals surface area contributed by atoms with Crippen LogP contribution < -0.4 is 0 Å². The van der Waals surface area contributed by atoms with Crippen molar-refractivity contribution in [3.8, 4) is 22.8 Å². The molecule has 0 fully saturated rings. The molecule has 4 heterocycles. The van der Waals surface area contributed by atoms with Crippen LogP contribution in [-0.2, 0) is 0 Å². The third-order valence-corrected chi connectivity index (χ3v) is 3.18. The van der Waals surface area contributed by atoms with Gasteiger partial charge in [-0.2, -0.15) is 0 Å². The maximum Gasteiger partial charge on any atom is 0.0886 e. The lowest BCUT2D eigenvalue weighted by atomic mass is 10.2. The molecule has 0 saturated heterocycles. The molecule has 0 N–H and O–H groups in total. The number of aromatic nitrogens is 4. The molecule has 4 aromatic heterocycles. The molecule has 132 valence electrons. The van der Waals surface area contributed by atoms with E-state index in [0.717, 1.165) is 22.8 Å². The maximum absolute atomic E-state index is 4.19. The van der Waals surface area contributed by atoms with Gasteiger partial charge >= 0.3 is 0 Å². The zero-order valence-corrected chi connectivity index (χ0v) is 15.5. The van der Waals surface area contributed by atoms with Crippen molar-refractivity contribution in [2.24, 2.45) is 0 Å². The second kappa shape index (κ2) is 11.7. The second-order valence-corrected chi connectivity index (χ2v) is 4.86. The molecule has 0 amide bonds. The highest BCUT2D eigenvalue weighted by Crippen LogP contribution is 2.11. The Bertz CT molecular complexity index is 696. The largest absolute Gasteiger partial charge is 0.255 e. The first-order valence-electron chi connectivity index (χ1n) is 7.58. The number of hydrogen-bond donors (Lipinski definition) is 0. The second-order valence-electron chi connectivity index (χ2n) is 4.86. The molecule has 0 atom stereocenters. The Morgan fingerprint density at radius 1 is 0.346 bits per heavy atom. The van der Waals surface area contributed by atoms with E-state index in [1.165, 1.54) is 0 Å². The SMILES string of the molecule is Cl.Cl.c1ccc(-c2ccccn2)nc1.c1ccc(-c2ccccn2)nc1. The molecular weight excluding hydrogens is 367 g/mol. The number of nitrogens with zero attached hydrogens (tertiary/aromatic N) is 4. The molecule has 0 aliphatic rings. The van der Waals surface area contributed by atoms with Crippen molar-refractivity contribution in [3.63, 3.8) is 0 Å². The van der Waals surface area contributed by atoms with Gasteiger partial charge < -0.3 is 0 Å². The van der Waals surface area contributed by atoms with Crippen molar-refractivity contribution in [1.82, 2.24) is 19.9 Å². The molecular formula is C20H18Cl2N4. The maximum atomic E-state index is 4.19. The zero-order chi connectivity index (χ0) is 16.5. The van der Waals surface area contributed by atoms with E-state index in [-0.39, 0.29) is 24.8 Å². The molecule has 0 bridgehead atoms. The lowest BCUT2D eigenvalue weighted by Gasteiger charge is -1.96. The van der Waals surface area contributed by atoms with E-state index >= 15 is 0 Å². The van der Waals surface area contributed by atoms with Crippen molar-refractivity contribution in [2.45, 2.75) is 0 Å². The Hall–Kier alpha value is -2.82. The Labute approximate surface area is 165 Å². The monoisotopic (exact) mass is 384 g/mol.